The van der Waals surface area contributed by atoms with Crippen LogP contribution in [0.15, 0.2) is 48.5 Å². The zero-order valence-corrected chi connectivity index (χ0v) is 17.3. The molecule has 5 amide bonds. The van der Waals surface area contributed by atoms with Gasteiger partial charge in [-0.15, -0.1) is 0 Å². The highest BCUT2D eigenvalue weighted by Crippen LogP contribution is 2.29. The lowest BCUT2D eigenvalue weighted by molar-refractivity contribution is -0.136. The van der Waals surface area contributed by atoms with Crippen molar-refractivity contribution in [1.29, 1.82) is 0 Å². The highest BCUT2D eigenvalue weighted by molar-refractivity contribution is 6.05. The molecule has 0 aliphatic carbocycles. The standard InChI is InChI=1S/C23H23N5O4/c29-20-9-8-19(21(30)26-20)28-11-14-10-15(6-7-18(14)22(28)31)24-23(32)25-16-12-27(13-16)17-4-2-1-3-5-17/h1-7,10,16,19H,8-9,11-13H2,(H2,24,25,32)(H,26,29,30). The summed E-state index contributed by atoms with van der Waals surface area (Å²) in [5.41, 5.74) is 2.97. The van der Waals surface area contributed by atoms with Gasteiger partial charge in [0.2, 0.25) is 11.8 Å². The number of imide groups is 1. The number of amides is 5. The molecule has 2 fully saturated rings. The minimum atomic E-state index is -0.654. The predicted molar refractivity (Wildman–Crippen MR) is 117 cm³/mol. The minimum absolute atomic E-state index is 0.0641. The van der Waals surface area contributed by atoms with Crippen LogP contribution in [0.1, 0.15) is 28.8 Å². The number of nitrogens with zero attached hydrogens (tertiary/aromatic N) is 2. The second-order valence-electron chi connectivity index (χ2n) is 8.31. The van der Waals surface area contributed by atoms with Crippen LogP contribution in [-0.4, -0.2) is 53.8 Å². The van der Waals surface area contributed by atoms with Crippen molar-refractivity contribution >= 4 is 35.1 Å². The van der Waals surface area contributed by atoms with Crippen LogP contribution in [0.25, 0.3) is 0 Å². The summed E-state index contributed by atoms with van der Waals surface area (Å²) in [4.78, 5) is 52.4. The first kappa shape index (κ1) is 20.0. The molecule has 1 unspecified atom stereocenters. The van der Waals surface area contributed by atoms with E-state index in [1.54, 1.807) is 18.2 Å². The minimum Gasteiger partial charge on any atom is -0.367 e. The van der Waals surface area contributed by atoms with E-state index in [0.717, 1.165) is 24.3 Å². The molecule has 0 saturated carbocycles. The average molecular weight is 433 g/mol. The molecule has 0 radical (unpaired) electrons. The molecule has 3 N–H and O–H groups in total. The fourth-order valence-corrected chi connectivity index (χ4v) is 4.42. The molecule has 2 aromatic carbocycles. The van der Waals surface area contributed by atoms with E-state index in [1.165, 1.54) is 4.90 Å². The Bertz CT molecular complexity index is 1100. The maximum absolute atomic E-state index is 12.8. The van der Waals surface area contributed by atoms with E-state index in [2.05, 4.69) is 20.9 Å². The molecule has 0 bridgehead atoms. The lowest BCUT2D eigenvalue weighted by atomic mass is 10.0. The number of piperidine rings is 1. The van der Waals surface area contributed by atoms with E-state index in [9.17, 15) is 19.2 Å². The van der Waals surface area contributed by atoms with Crippen molar-refractivity contribution in [2.75, 3.05) is 23.3 Å². The van der Waals surface area contributed by atoms with Gasteiger partial charge in [0.15, 0.2) is 0 Å². The van der Waals surface area contributed by atoms with E-state index < -0.39 is 11.9 Å². The summed E-state index contributed by atoms with van der Waals surface area (Å²) < 4.78 is 0. The van der Waals surface area contributed by atoms with E-state index in [1.807, 2.05) is 30.3 Å². The van der Waals surface area contributed by atoms with Crippen LogP contribution < -0.4 is 20.9 Å². The lowest BCUT2D eigenvalue weighted by Crippen LogP contribution is -2.60. The maximum atomic E-state index is 12.8. The molecular formula is C23H23N5O4. The summed E-state index contributed by atoms with van der Waals surface area (Å²) in [6, 6.07) is 14.3. The molecule has 1 atom stereocenters. The van der Waals surface area contributed by atoms with Gasteiger partial charge < -0.3 is 20.4 Å². The lowest BCUT2D eigenvalue weighted by Gasteiger charge is -2.41. The Hall–Kier alpha value is -3.88. The van der Waals surface area contributed by atoms with Crippen molar-refractivity contribution in [2.24, 2.45) is 0 Å². The summed E-state index contributed by atoms with van der Waals surface area (Å²) in [7, 11) is 0. The Morgan fingerprint density at radius 2 is 1.81 bits per heavy atom. The Balaban J connectivity index is 1.17. The third-order valence-corrected chi connectivity index (χ3v) is 6.12. The molecule has 2 aromatic rings. The van der Waals surface area contributed by atoms with Gasteiger partial charge in [-0.2, -0.15) is 0 Å². The van der Waals surface area contributed by atoms with Gasteiger partial charge in [-0.3, -0.25) is 19.7 Å². The third-order valence-electron chi connectivity index (χ3n) is 6.12. The molecule has 9 nitrogen and oxygen atoms in total. The van der Waals surface area contributed by atoms with Crippen molar-refractivity contribution in [2.45, 2.75) is 31.5 Å². The normalized spacial score (nSPS) is 20.5. The predicted octanol–water partition coefficient (Wildman–Crippen LogP) is 1.46. The molecule has 3 aliphatic rings. The molecule has 5 rings (SSSR count). The number of hydrogen-bond donors (Lipinski definition) is 3. The van der Waals surface area contributed by atoms with Gasteiger partial charge >= 0.3 is 6.03 Å². The molecule has 9 heteroatoms. The summed E-state index contributed by atoms with van der Waals surface area (Å²) in [6.07, 6.45) is 0.533. The molecule has 3 heterocycles. The number of para-hydroxylation sites is 1. The van der Waals surface area contributed by atoms with Crippen molar-refractivity contribution in [3.63, 3.8) is 0 Å². The van der Waals surface area contributed by atoms with Gasteiger partial charge in [0.05, 0.1) is 6.04 Å². The Morgan fingerprint density at radius 1 is 1.03 bits per heavy atom. The number of hydrogen-bond acceptors (Lipinski definition) is 5. The van der Waals surface area contributed by atoms with Crippen LogP contribution in [0.3, 0.4) is 0 Å². The largest absolute Gasteiger partial charge is 0.367 e. The third kappa shape index (κ3) is 3.77. The summed E-state index contributed by atoms with van der Waals surface area (Å²) in [6.45, 7) is 1.76. The highest BCUT2D eigenvalue weighted by atomic mass is 16.2. The number of rotatable bonds is 4. The molecule has 0 aromatic heterocycles. The zero-order chi connectivity index (χ0) is 22.2. The fourth-order valence-electron chi connectivity index (χ4n) is 4.42. The number of nitrogens with one attached hydrogen (secondary N) is 3. The van der Waals surface area contributed by atoms with Gasteiger partial charge in [0.25, 0.3) is 5.91 Å². The Kier molecular flexibility index (Phi) is 5.01. The van der Waals surface area contributed by atoms with Gasteiger partial charge in [-0.25, -0.2) is 4.79 Å². The van der Waals surface area contributed by atoms with Crippen LogP contribution in [0.2, 0.25) is 0 Å². The van der Waals surface area contributed by atoms with E-state index in [0.29, 0.717) is 17.7 Å². The number of carbonyl (C=O) groups excluding carboxylic acids is 4. The summed E-state index contributed by atoms with van der Waals surface area (Å²) >= 11 is 0. The van der Waals surface area contributed by atoms with Crippen molar-refractivity contribution in [3.8, 4) is 0 Å². The highest BCUT2D eigenvalue weighted by Gasteiger charge is 2.39. The van der Waals surface area contributed by atoms with Crippen LogP contribution in [0.5, 0.6) is 0 Å². The van der Waals surface area contributed by atoms with Crippen LogP contribution >= 0.6 is 0 Å². The SMILES string of the molecule is O=C1CCC(N2Cc3cc(NC(=O)NC4CN(c5ccccc5)C4)ccc3C2=O)C(=O)N1. The average Bonchev–Trinajstić information content (AvgIpc) is 3.06. The first-order valence-corrected chi connectivity index (χ1v) is 10.6. The van der Waals surface area contributed by atoms with Gasteiger partial charge in [-0.05, 0) is 42.3 Å². The van der Waals surface area contributed by atoms with E-state index in [-0.39, 0.29) is 36.9 Å². The number of benzene rings is 2. The van der Waals surface area contributed by atoms with Crippen molar-refractivity contribution in [1.82, 2.24) is 15.5 Å². The zero-order valence-electron chi connectivity index (χ0n) is 17.3. The van der Waals surface area contributed by atoms with Crippen molar-refractivity contribution in [3.05, 3.63) is 59.7 Å². The molecule has 32 heavy (non-hydrogen) atoms. The number of anilines is 2. The van der Waals surface area contributed by atoms with Crippen LogP contribution in [0, 0.1) is 0 Å². The molecular weight excluding hydrogens is 410 g/mol. The number of urea groups is 1. The molecule has 0 spiro atoms. The summed E-state index contributed by atoms with van der Waals surface area (Å²) in [5, 5.41) is 8.08. The topological polar surface area (TPSA) is 111 Å². The van der Waals surface area contributed by atoms with Crippen molar-refractivity contribution < 1.29 is 19.2 Å². The number of carbonyl (C=O) groups is 4. The van der Waals surface area contributed by atoms with Gasteiger partial charge in [-0.1, -0.05) is 18.2 Å². The smallest absolute Gasteiger partial charge is 0.319 e. The Labute approximate surface area is 184 Å². The first-order valence-electron chi connectivity index (χ1n) is 10.6. The second-order valence-corrected chi connectivity index (χ2v) is 8.31. The Morgan fingerprint density at radius 3 is 2.56 bits per heavy atom. The maximum Gasteiger partial charge on any atom is 0.319 e. The van der Waals surface area contributed by atoms with Gasteiger partial charge in [0, 0.05) is 43.0 Å². The molecule has 2 saturated heterocycles. The van der Waals surface area contributed by atoms with Crippen LogP contribution in [0.4, 0.5) is 16.2 Å². The fraction of sp³-hybridized carbons (Fsp3) is 0.304. The van der Waals surface area contributed by atoms with Crippen LogP contribution in [-0.2, 0) is 16.1 Å². The second kappa shape index (κ2) is 7.99. The van der Waals surface area contributed by atoms with E-state index >= 15 is 0 Å². The monoisotopic (exact) mass is 433 g/mol. The first-order chi connectivity index (χ1) is 15.5. The molecule has 3 aliphatic heterocycles. The summed E-state index contributed by atoms with van der Waals surface area (Å²) in [5.74, 6) is -0.989. The quantitative estimate of drug-likeness (QED) is 0.633. The van der Waals surface area contributed by atoms with E-state index in [4.69, 9.17) is 0 Å². The number of fused-ring (bicyclic) bond motifs is 1. The molecule has 164 valence electrons. The van der Waals surface area contributed by atoms with Gasteiger partial charge in [0.1, 0.15) is 6.04 Å².